The van der Waals surface area contributed by atoms with Gasteiger partial charge in [-0.15, -0.1) is 0 Å². The van der Waals surface area contributed by atoms with Gasteiger partial charge in [0.15, 0.2) is 5.11 Å². The molecule has 27 heavy (non-hydrogen) atoms. The lowest BCUT2D eigenvalue weighted by Crippen LogP contribution is -2.35. The molecule has 0 aliphatic carbocycles. The van der Waals surface area contributed by atoms with Gasteiger partial charge in [0.2, 0.25) is 0 Å². The molecule has 0 aliphatic heterocycles. The number of para-hydroxylation sites is 1. The lowest BCUT2D eigenvalue weighted by Gasteiger charge is -2.13. The summed E-state index contributed by atoms with van der Waals surface area (Å²) >= 11 is 8.53. The fraction of sp³-hybridized carbons (Fsp3) is 0.211. The minimum Gasteiger partial charge on any atom is -0.385 e. The summed E-state index contributed by atoms with van der Waals surface area (Å²) in [5.74, 6) is -0.558. The van der Waals surface area contributed by atoms with E-state index in [1.807, 2.05) is 0 Å². The van der Waals surface area contributed by atoms with E-state index in [4.69, 9.17) is 17.0 Å². The summed E-state index contributed by atoms with van der Waals surface area (Å²) in [4.78, 5) is 24.6. The third kappa shape index (κ3) is 6.74. The van der Waals surface area contributed by atoms with Crippen LogP contribution >= 0.6 is 28.1 Å². The zero-order valence-corrected chi connectivity index (χ0v) is 17.2. The molecule has 0 saturated carbocycles. The lowest BCUT2D eigenvalue weighted by molar-refractivity contribution is 0.0947. The predicted molar refractivity (Wildman–Crippen MR) is 113 cm³/mol. The molecule has 0 saturated heterocycles. The van der Waals surface area contributed by atoms with Crippen LogP contribution in [0.3, 0.4) is 0 Å². The third-order valence-electron chi connectivity index (χ3n) is 3.56. The summed E-state index contributed by atoms with van der Waals surface area (Å²) in [6.07, 6.45) is 0.722. The molecule has 3 N–H and O–H groups in total. The number of anilines is 1. The highest BCUT2D eigenvalue weighted by Gasteiger charge is 2.13. The SMILES string of the molecule is COCCCNC(=O)c1ccccc1NC(=S)NC(=O)c1ccc(Br)cc1. The number of rotatable bonds is 7. The van der Waals surface area contributed by atoms with Crippen molar-refractivity contribution in [2.45, 2.75) is 6.42 Å². The fourth-order valence-electron chi connectivity index (χ4n) is 2.23. The molecular formula is C19H20BrN3O3S. The van der Waals surface area contributed by atoms with Crippen molar-refractivity contribution in [1.29, 1.82) is 0 Å². The average molecular weight is 450 g/mol. The normalized spacial score (nSPS) is 10.1. The van der Waals surface area contributed by atoms with Crippen LogP contribution in [0.25, 0.3) is 0 Å². The topological polar surface area (TPSA) is 79.5 Å². The molecule has 0 unspecified atom stereocenters. The fourth-order valence-corrected chi connectivity index (χ4v) is 2.70. The first-order chi connectivity index (χ1) is 13.0. The molecule has 6 nitrogen and oxygen atoms in total. The van der Waals surface area contributed by atoms with Gasteiger partial charge in [0, 0.05) is 30.3 Å². The Morgan fingerprint density at radius 3 is 2.48 bits per heavy atom. The molecule has 0 fully saturated rings. The Balaban J connectivity index is 1.98. The Kier molecular flexibility index (Phi) is 8.38. The number of amides is 2. The molecule has 2 aromatic rings. The van der Waals surface area contributed by atoms with Crippen molar-refractivity contribution in [2.75, 3.05) is 25.6 Å². The van der Waals surface area contributed by atoms with Gasteiger partial charge in [-0.25, -0.2) is 0 Å². The minimum atomic E-state index is -0.332. The van der Waals surface area contributed by atoms with E-state index >= 15 is 0 Å². The molecule has 0 aliphatic rings. The second kappa shape index (κ2) is 10.8. The summed E-state index contributed by atoms with van der Waals surface area (Å²) in [5.41, 5.74) is 1.43. The third-order valence-corrected chi connectivity index (χ3v) is 4.30. The van der Waals surface area contributed by atoms with E-state index < -0.39 is 0 Å². The van der Waals surface area contributed by atoms with Gasteiger partial charge in [-0.2, -0.15) is 0 Å². The van der Waals surface area contributed by atoms with Crippen LogP contribution in [0.15, 0.2) is 53.0 Å². The van der Waals surface area contributed by atoms with Gasteiger partial charge < -0.3 is 15.4 Å². The van der Waals surface area contributed by atoms with Crippen molar-refractivity contribution in [3.05, 3.63) is 64.1 Å². The van der Waals surface area contributed by atoms with E-state index in [2.05, 4.69) is 31.9 Å². The first-order valence-electron chi connectivity index (χ1n) is 8.25. The molecule has 0 bridgehead atoms. The molecule has 0 radical (unpaired) electrons. The number of ether oxygens (including phenoxy) is 1. The van der Waals surface area contributed by atoms with E-state index in [0.29, 0.717) is 30.0 Å². The van der Waals surface area contributed by atoms with Gasteiger partial charge in [-0.3, -0.25) is 14.9 Å². The lowest BCUT2D eigenvalue weighted by atomic mass is 10.1. The van der Waals surface area contributed by atoms with Gasteiger partial charge >= 0.3 is 0 Å². The van der Waals surface area contributed by atoms with Crippen molar-refractivity contribution < 1.29 is 14.3 Å². The second-order valence-electron chi connectivity index (χ2n) is 5.56. The Morgan fingerprint density at radius 2 is 1.78 bits per heavy atom. The summed E-state index contributed by atoms with van der Waals surface area (Å²) in [6.45, 7) is 1.08. The summed E-state index contributed by atoms with van der Waals surface area (Å²) in [5, 5.41) is 8.46. The number of nitrogens with one attached hydrogen (secondary N) is 3. The zero-order valence-electron chi connectivity index (χ0n) is 14.8. The maximum absolute atomic E-state index is 12.4. The Bertz CT molecular complexity index is 812. The van der Waals surface area contributed by atoms with E-state index in [1.54, 1.807) is 55.6 Å². The highest BCUT2D eigenvalue weighted by molar-refractivity contribution is 9.10. The average Bonchev–Trinajstić information content (AvgIpc) is 2.66. The van der Waals surface area contributed by atoms with E-state index in [-0.39, 0.29) is 16.9 Å². The van der Waals surface area contributed by atoms with E-state index in [9.17, 15) is 9.59 Å². The quantitative estimate of drug-likeness (QED) is 0.446. The molecule has 2 aromatic carbocycles. The maximum atomic E-state index is 12.4. The first kappa shape index (κ1) is 21.0. The number of hydrogen-bond donors (Lipinski definition) is 3. The van der Waals surface area contributed by atoms with Crippen LogP contribution in [0.5, 0.6) is 0 Å². The van der Waals surface area contributed by atoms with Crippen molar-refractivity contribution in [3.8, 4) is 0 Å². The van der Waals surface area contributed by atoms with Crippen molar-refractivity contribution in [1.82, 2.24) is 10.6 Å². The summed E-state index contributed by atoms with van der Waals surface area (Å²) < 4.78 is 5.84. The van der Waals surface area contributed by atoms with Gasteiger partial charge in [-0.1, -0.05) is 28.1 Å². The molecule has 8 heteroatoms. The number of carbonyl (C=O) groups excluding carboxylic acids is 2. The number of methoxy groups -OCH3 is 1. The maximum Gasteiger partial charge on any atom is 0.257 e. The minimum absolute atomic E-state index is 0.113. The molecule has 0 atom stereocenters. The molecular weight excluding hydrogens is 430 g/mol. The van der Waals surface area contributed by atoms with Gasteiger partial charge in [0.1, 0.15) is 0 Å². The molecule has 0 spiro atoms. The van der Waals surface area contributed by atoms with Gasteiger partial charge in [0.05, 0.1) is 11.3 Å². The van der Waals surface area contributed by atoms with Crippen LogP contribution in [-0.4, -0.2) is 37.2 Å². The van der Waals surface area contributed by atoms with Crippen LogP contribution < -0.4 is 16.0 Å². The smallest absolute Gasteiger partial charge is 0.257 e. The number of thiocarbonyl (C=S) groups is 1. The largest absolute Gasteiger partial charge is 0.385 e. The number of hydrogen-bond acceptors (Lipinski definition) is 4. The number of halogens is 1. The molecule has 0 aromatic heterocycles. The van der Waals surface area contributed by atoms with Crippen LogP contribution in [-0.2, 0) is 4.74 Å². The Morgan fingerprint density at radius 1 is 1.07 bits per heavy atom. The summed E-state index contributed by atoms with van der Waals surface area (Å²) in [7, 11) is 1.62. The summed E-state index contributed by atoms with van der Waals surface area (Å²) in [6, 6.07) is 13.9. The zero-order chi connectivity index (χ0) is 19.6. The predicted octanol–water partition coefficient (Wildman–Crippen LogP) is 3.34. The molecule has 2 rings (SSSR count). The highest BCUT2D eigenvalue weighted by Crippen LogP contribution is 2.15. The Hall–Kier alpha value is -2.29. The van der Waals surface area contributed by atoms with Crippen LogP contribution in [0, 0.1) is 0 Å². The number of carbonyl (C=O) groups is 2. The standard InChI is InChI=1S/C19H20BrN3O3S/c1-26-12-4-11-21-18(25)15-5-2-3-6-16(15)22-19(27)23-17(24)13-7-9-14(20)10-8-13/h2-3,5-10H,4,11-12H2,1H3,(H,21,25)(H2,22,23,24,27). The van der Waals surface area contributed by atoms with Crippen LogP contribution in [0.2, 0.25) is 0 Å². The van der Waals surface area contributed by atoms with E-state index in [1.165, 1.54) is 0 Å². The second-order valence-corrected chi connectivity index (χ2v) is 6.89. The van der Waals surface area contributed by atoms with Crippen LogP contribution in [0.4, 0.5) is 5.69 Å². The Labute approximate surface area is 171 Å². The first-order valence-corrected chi connectivity index (χ1v) is 9.45. The van der Waals surface area contributed by atoms with Crippen molar-refractivity contribution in [2.24, 2.45) is 0 Å². The van der Waals surface area contributed by atoms with Gasteiger partial charge in [-0.05, 0) is 55.0 Å². The monoisotopic (exact) mass is 449 g/mol. The molecule has 2 amide bonds. The molecule has 142 valence electrons. The van der Waals surface area contributed by atoms with Crippen molar-refractivity contribution >= 4 is 50.8 Å². The number of benzene rings is 2. The van der Waals surface area contributed by atoms with Gasteiger partial charge in [0.25, 0.3) is 11.8 Å². The van der Waals surface area contributed by atoms with Crippen molar-refractivity contribution in [3.63, 3.8) is 0 Å². The highest BCUT2D eigenvalue weighted by atomic mass is 79.9. The van der Waals surface area contributed by atoms with E-state index in [0.717, 1.165) is 10.9 Å². The van der Waals surface area contributed by atoms with Crippen LogP contribution in [0.1, 0.15) is 27.1 Å². The molecule has 0 heterocycles.